The van der Waals surface area contributed by atoms with E-state index in [0.29, 0.717) is 11.4 Å². The van der Waals surface area contributed by atoms with Crippen LogP contribution >= 0.6 is 11.3 Å². The smallest absolute Gasteiger partial charge is 0.297 e. The van der Waals surface area contributed by atoms with Crippen LogP contribution in [-0.2, 0) is 4.84 Å². The predicted octanol–water partition coefficient (Wildman–Crippen LogP) is 5.39. The van der Waals surface area contributed by atoms with Crippen LogP contribution in [0.2, 0.25) is 0 Å². The standard InChI is InChI=1S/C19H16N2O2S/c1-14(21-23-19(22)20-16-10-6-3-7-11-16)17-12-13-18(24-17)15-8-4-2-5-9-15/h2-13H,1H3,(H,20,22)/b21-14+. The van der Waals surface area contributed by atoms with Crippen LogP contribution in [0.3, 0.4) is 0 Å². The highest BCUT2D eigenvalue weighted by Gasteiger charge is 2.07. The number of carbonyl (C=O) groups excluding carboxylic acids is 1. The van der Waals surface area contributed by atoms with Gasteiger partial charge in [0.25, 0.3) is 0 Å². The molecule has 120 valence electrons. The first-order valence-electron chi connectivity index (χ1n) is 7.45. The molecule has 0 bridgehead atoms. The lowest BCUT2D eigenvalue weighted by Crippen LogP contribution is -2.11. The molecule has 2 aromatic carbocycles. The zero-order chi connectivity index (χ0) is 16.8. The van der Waals surface area contributed by atoms with E-state index in [1.54, 1.807) is 23.5 Å². The lowest BCUT2D eigenvalue weighted by atomic mass is 10.2. The predicted molar refractivity (Wildman–Crippen MR) is 98.5 cm³/mol. The number of rotatable bonds is 4. The fraction of sp³-hybridized carbons (Fsp3) is 0.0526. The molecule has 1 aromatic heterocycles. The van der Waals surface area contributed by atoms with Crippen LogP contribution < -0.4 is 5.32 Å². The average Bonchev–Trinajstić information content (AvgIpc) is 3.11. The van der Waals surface area contributed by atoms with E-state index in [1.165, 1.54) is 0 Å². The van der Waals surface area contributed by atoms with E-state index in [1.807, 2.05) is 55.5 Å². The molecule has 0 fully saturated rings. The van der Waals surface area contributed by atoms with Gasteiger partial charge < -0.3 is 0 Å². The maximum Gasteiger partial charge on any atom is 0.437 e. The highest BCUT2D eigenvalue weighted by molar-refractivity contribution is 7.17. The molecule has 0 aliphatic heterocycles. The number of nitrogens with zero attached hydrogens (tertiary/aromatic N) is 1. The summed E-state index contributed by atoms with van der Waals surface area (Å²) in [5.74, 6) is 0. The van der Waals surface area contributed by atoms with Crippen molar-refractivity contribution in [3.63, 3.8) is 0 Å². The number of hydrogen-bond donors (Lipinski definition) is 1. The molecule has 1 N–H and O–H groups in total. The van der Waals surface area contributed by atoms with Gasteiger partial charge >= 0.3 is 6.09 Å². The largest absolute Gasteiger partial charge is 0.437 e. The van der Waals surface area contributed by atoms with Gasteiger partial charge in [0.05, 0.1) is 10.6 Å². The number of carbonyl (C=O) groups is 1. The van der Waals surface area contributed by atoms with Crippen molar-refractivity contribution < 1.29 is 9.63 Å². The molecular weight excluding hydrogens is 320 g/mol. The Morgan fingerprint density at radius 1 is 0.958 bits per heavy atom. The lowest BCUT2D eigenvalue weighted by Gasteiger charge is -2.02. The molecular formula is C19H16N2O2S. The summed E-state index contributed by atoms with van der Waals surface area (Å²) in [5.41, 5.74) is 2.48. The van der Waals surface area contributed by atoms with Crippen molar-refractivity contribution in [3.05, 3.63) is 77.7 Å². The number of benzene rings is 2. The molecule has 0 aliphatic carbocycles. The summed E-state index contributed by atoms with van der Waals surface area (Å²) in [6.07, 6.45) is -0.611. The monoisotopic (exact) mass is 336 g/mol. The SMILES string of the molecule is C/C(=N\OC(=O)Nc1ccccc1)c1ccc(-c2ccccc2)s1. The minimum absolute atomic E-state index is 0.611. The van der Waals surface area contributed by atoms with Gasteiger partial charge in [0.2, 0.25) is 0 Å². The highest BCUT2D eigenvalue weighted by atomic mass is 32.1. The first kappa shape index (κ1) is 16.0. The van der Waals surface area contributed by atoms with Gasteiger partial charge in [-0.05, 0) is 36.8 Å². The van der Waals surface area contributed by atoms with Gasteiger partial charge in [0, 0.05) is 10.6 Å². The maximum absolute atomic E-state index is 11.7. The van der Waals surface area contributed by atoms with Gasteiger partial charge in [-0.2, -0.15) is 0 Å². The number of amides is 1. The summed E-state index contributed by atoms with van der Waals surface area (Å²) >= 11 is 1.61. The van der Waals surface area contributed by atoms with Crippen LogP contribution in [-0.4, -0.2) is 11.8 Å². The van der Waals surface area contributed by atoms with Crippen molar-refractivity contribution in [1.82, 2.24) is 0 Å². The lowest BCUT2D eigenvalue weighted by molar-refractivity contribution is 0.166. The van der Waals surface area contributed by atoms with Gasteiger partial charge in [0.15, 0.2) is 0 Å². The number of nitrogens with one attached hydrogen (secondary N) is 1. The van der Waals surface area contributed by atoms with Crippen LogP contribution in [0.5, 0.6) is 0 Å². The molecule has 24 heavy (non-hydrogen) atoms. The number of thiophene rings is 1. The average molecular weight is 336 g/mol. The zero-order valence-corrected chi connectivity index (χ0v) is 13.9. The fourth-order valence-electron chi connectivity index (χ4n) is 2.11. The van der Waals surface area contributed by atoms with Crippen LogP contribution in [0.15, 0.2) is 78.0 Å². The van der Waals surface area contributed by atoms with Crippen LogP contribution in [0, 0.1) is 0 Å². The van der Waals surface area contributed by atoms with E-state index in [4.69, 9.17) is 4.84 Å². The minimum atomic E-state index is -0.611. The Hall–Kier alpha value is -2.92. The molecule has 0 radical (unpaired) electrons. The third kappa shape index (κ3) is 4.08. The number of anilines is 1. The van der Waals surface area contributed by atoms with Gasteiger partial charge in [-0.15, -0.1) is 11.3 Å². The number of oxime groups is 1. The molecule has 0 atom stereocenters. The Balaban J connectivity index is 1.64. The van der Waals surface area contributed by atoms with Crippen molar-refractivity contribution in [2.24, 2.45) is 5.16 Å². The molecule has 3 aromatic rings. The molecule has 1 heterocycles. The molecule has 4 nitrogen and oxygen atoms in total. The van der Waals surface area contributed by atoms with Gasteiger partial charge in [-0.1, -0.05) is 53.7 Å². The van der Waals surface area contributed by atoms with Gasteiger partial charge in [-0.3, -0.25) is 10.2 Å². The van der Waals surface area contributed by atoms with Crippen LogP contribution in [0.4, 0.5) is 10.5 Å². The Bertz CT molecular complexity index is 842. The maximum atomic E-state index is 11.7. The summed E-state index contributed by atoms with van der Waals surface area (Å²) < 4.78 is 0. The van der Waals surface area contributed by atoms with E-state index in [9.17, 15) is 4.79 Å². The Morgan fingerprint density at radius 3 is 2.33 bits per heavy atom. The Morgan fingerprint density at radius 2 is 1.62 bits per heavy atom. The first-order valence-corrected chi connectivity index (χ1v) is 8.27. The van der Waals surface area contributed by atoms with Crippen molar-refractivity contribution >= 4 is 28.8 Å². The van der Waals surface area contributed by atoms with Gasteiger partial charge in [0.1, 0.15) is 0 Å². The molecule has 0 spiro atoms. The third-order valence-corrected chi connectivity index (χ3v) is 4.55. The molecule has 0 saturated heterocycles. The second-order valence-corrected chi connectivity index (χ2v) is 6.16. The van der Waals surface area contributed by atoms with E-state index in [2.05, 4.69) is 22.6 Å². The quantitative estimate of drug-likeness (QED) is 0.394. The molecule has 0 aliphatic rings. The summed E-state index contributed by atoms with van der Waals surface area (Å²) in [6.45, 7) is 1.82. The molecule has 3 rings (SSSR count). The van der Waals surface area contributed by atoms with E-state index < -0.39 is 6.09 Å². The van der Waals surface area contributed by atoms with Crippen molar-refractivity contribution in [3.8, 4) is 10.4 Å². The normalized spacial score (nSPS) is 11.1. The van der Waals surface area contributed by atoms with E-state index >= 15 is 0 Å². The van der Waals surface area contributed by atoms with E-state index in [-0.39, 0.29) is 0 Å². The van der Waals surface area contributed by atoms with Crippen molar-refractivity contribution in [1.29, 1.82) is 0 Å². The summed E-state index contributed by atoms with van der Waals surface area (Å²) in [6, 6.07) is 23.2. The molecule has 0 saturated carbocycles. The number of hydrogen-bond acceptors (Lipinski definition) is 4. The molecule has 5 heteroatoms. The molecule has 1 amide bonds. The number of para-hydroxylation sites is 1. The van der Waals surface area contributed by atoms with Crippen molar-refractivity contribution in [2.45, 2.75) is 6.92 Å². The van der Waals surface area contributed by atoms with Crippen molar-refractivity contribution in [2.75, 3.05) is 5.32 Å². The summed E-state index contributed by atoms with van der Waals surface area (Å²) in [4.78, 5) is 18.8. The Kier molecular flexibility index (Phi) is 5.03. The first-order chi connectivity index (χ1) is 11.7. The second kappa shape index (κ2) is 7.57. The van der Waals surface area contributed by atoms with Gasteiger partial charge in [-0.25, -0.2) is 4.79 Å². The topological polar surface area (TPSA) is 50.7 Å². The fourth-order valence-corrected chi connectivity index (χ4v) is 3.05. The highest BCUT2D eigenvalue weighted by Crippen LogP contribution is 2.28. The summed E-state index contributed by atoms with van der Waals surface area (Å²) in [5, 5.41) is 6.53. The van der Waals surface area contributed by atoms with E-state index in [0.717, 1.165) is 15.3 Å². The zero-order valence-electron chi connectivity index (χ0n) is 13.1. The molecule has 0 unspecified atom stereocenters. The Labute approximate surface area is 144 Å². The van der Waals surface area contributed by atoms with Crippen LogP contribution in [0.1, 0.15) is 11.8 Å². The second-order valence-electron chi connectivity index (χ2n) is 5.08. The summed E-state index contributed by atoms with van der Waals surface area (Å²) in [7, 11) is 0. The minimum Gasteiger partial charge on any atom is -0.297 e. The third-order valence-electron chi connectivity index (χ3n) is 3.31. The van der Waals surface area contributed by atoms with Crippen LogP contribution in [0.25, 0.3) is 10.4 Å².